The highest BCUT2D eigenvalue weighted by atomic mass is 16.5. The van der Waals surface area contributed by atoms with Gasteiger partial charge >= 0.3 is 0 Å². The lowest BCUT2D eigenvalue weighted by atomic mass is 10.1. The smallest absolute Gasteiger partial charge is 0.159 e. The number of hydrogen-bond acceptors (Lipinski definition) is 2. The number of aryl methyl sites for hydroxylation is 1. The van der Waals surface area contributed by atoms with Gasteiger partial charge in [-0.1, -0.05) is 0 Å². The quantitative estimate of drug-likeness (QED) is 0.685. The van der Waals surface area contributed by atoms with Crippen molar-refractivity contribution < 1.29 is 9.53 Å². The van der Waals surface area contributed by atoms with Crippen molar-refractivity contribution in [3.8, 4) is 5.75 Å². The second-order valence-corrected chi connectivity index (χ2v) is 3.85. The molecular formula is C12H14O2. The van der Waals surface area contributed by atoms with E-state index in [4.69, 9.17) is 4.74 Å². The second-order valence-electron chi connectivity index (χ2n) is 3.85. The lowest BCUT2D eigenvalue weighted by Crippen LogP contribution is -1.99. The summed E-state index contributed by atoms with van der Waals surface area (Å²) in [5, 5.41) is 0. The first-order valence-electron chi connectivity index (χ1n) is 4.95. The van der Waals surface area contributed by atoms with Crippen molar-refractivity contribution in [3.63, 3.8) is 0 Å². The zero-order valence-electron chi connectivity index (χ0n) is 8.54. The van der Waals surface area contributed by atoms with Crippen molar-refractivity contribution in [2.75, 3.05) is 0 Å². The van der Waals surface area contributed by atoms with Crippen molar-refractivity contribution in [2.24, 2.45) is 0 Å². The molecule has 0 radical (unpaired) electrons. The zero-order valence-corrected chi connectivity index (χ0v) is 8.54. The van der Waals surface area contributed by atoms with E-state index < -0.39 is 0 Å². The first-order valence-corrected chi connectivity index (χ1v) is 4.95. The first-order chi connectivity index (χ1) is 6.66. The highest BCUT2D eigenvalue weighted by molar-refractivity contribution is 5.94. The Morgan fingerprint density at radius 3 is 2.64 bits per heavy atom. The predicted octanol–water partition coefficient (Wildman–Crippen LogP) is 2.74. The average Bonchev–Trinajstić information content (AvgIpc) is 2.92. The Labute approximate surface area is 83.9 Å². The summed E-state index contributed by atoms with van der Waals surface area (Å²) in [7, 11) is 0. The van der Waals surface area contributed by atoms with Crippen LogP contribution in [0.4, 0.5) is 0 Å². The van der Waals surface area contributed by atoms with Crippen LogP contribution in [-0.4, -0.2) is 11.9 Å². The van der Waals surface area contributed by atoms with Gasteiger partial charge < -0.3 is 4.74 Å². The van der Waals surface area contributed by atoms with Crippen molar-refractivity contribution in [2.45, 2.75) is 32.8 Å². The van der Waals surface area contributed by atoms with E-state index in [0.29, 0.717) is 6.10 Å². The highest BCUT2D eigenvalue weighted by Crippen LogP contribution is 2.29. The number of hydrogen-bond donors (Lipinski definition) is 0. The molecule has 2 rings (SSSR count). The molecule has 0 heterocycles. The molecule has 0 saturated heterocycles. The van der Waals surface area contributed by atoms with E-state index in [1.54, 1.807) is 6.92 Å². The average molecular weight is 190 g/mol. The van der Waals surface area contributed by atoms with E-state index in [1.807, 2.05) is 25.1 Å². The summed E-state index contributed by atoms with van der Waals surface area (Å²) in [4.78, 5) is 11.1. The Kier molecular flexibility index (Phi) is 2.28. The summed E-state index contributed by atoms with van der Waals surface area (Å²) in [6.45, 7) is 3.56. The SMILES string of the molecule is CC(=O)c1ccc(OC2CC2)c(C)c1. The Morgan fingerprint density at radius 1 is 1.43 bits per heavy atom. The largest absolute Gasteiger partial charge is 0.490 e. The fourth-order valence-corrected chi connectivity index (χ4v) is 1.37. The minimum atomic E-state index is 0.103. The van der Waals surface area contributed by atoms with Gasteiger partial charge in [-0.25, -0.2) is 0 Å². The Morgan fingerprint density at radius 2 is 2.14 bits per heavy atom. The molecule has 1 saturated carbocycles. The Hall–Kier alpha value is -1.31. The van der Waals surface area contributed by atoms with Gasteiger partial charge in [0.05, 0.1) is 6.10 Å². The molecule has 0 amide bonds. The predicted molar refractivity (Wildman–Crippen MR) is 54.8 cm³/mol. The molecule has 0 spiro atoms. The second kappa shape index (κ2) is 3.45. The fraction of sp³-hybridized carbons (Fsp3) is 0.417. The number of ether oxygens (including phenoxy) is 1. The molecule has 74 valence electrons. The van der Waals surface area contributed by atoms with Gasteiger partial charge in [0.1, 0.15) is 5.75 Å². The molecular weight excluding hydrogens is 176 g/mol. The minimum absolute atomic E-state index is 0.103. The van der Waals surface area contributed by atoms with Crippen LogP contribution in [0.25, 0.3) is 0 Å². The highest BCUT2D eigenvalue weighted by Gasteiger charge is 2.24. The Bertz CT molecular complexity index is 365. The van der Waals surface area contributed by atoms with Gasteiger partial charge in [-0.15, -0.1) is 0 Å². The summed E-state index contributed by atoms with van der Waals surface area (Å²) in [6.07, 6.45) is 2.74. The van der Waals surface area contributed by atoms with Crippen molar-refractivity contribution in [1.82, 2.24) is 0 Å². The van der Waals surface area contributed by atoms with E-state index in [1.165, 1.54) is 0 Å². The van der Waals surface area contributed by atoms with E-state index >= 15 is 0 Å². The lowest BCUT2D eigenvalue weighted by Gasteiger charge is -2.08. The summed E-state index contributed by atoms with van der Waals surface area (Å²) in [6, 6.07) is 5.61. The minimum Gasteiger partial charge on any atom is -0.490 e. The summed E-state index contributed by atoms with van der Waals surface area (Å²) < 4.78 is 5.68. The molecule has 1 aromatic rings. The monoisotopic (exact) mass is 190 g/mol. The molecule has 1 aliphatic carbocycles. The standard InChI is InChI=1S/C12H14O2/c1-8-7-10(9(2)13)3-6-12(8)14-11-4-5-11/h3,6-7,11H,4-5H2,1-2H3. The van der Waals surface area contributed by atoms with Crippen LogP contribution >= 0.6 is 0 Å². The number of Topliss-reactive ketones (excluding diaryl/α,β-unsaturated/α-hetero) is 1. The van der Waals surface area contributed by atoms with Gasteiger partial charge in [-0.2, -0.15) is 0 Å². The van der Waals surface area contributed by atoms with Gasteiger partial charge in [-0.05, 0) is 50.5 Å². The van der Waals surface area contributed by atoms with Crippen LogP contribution in [0.15, 0.2) is 18.2 Å². The molecule has 0 atom stereocenters. The molecule has 0 aromatic heterocycles. The van der Waals surface area contributed by atoms with E-state index in [9.17, 15) is 4.79 Å². The van der Waals surface area contributed by atoms with Crippen molar-refractivity contribution in [1.29, 1.82) is 0 Å². The molecule has 1 aromatic carbocycles. The maximum Gasteiger partial charge on any atom is 0.159 e. The van der Waals surface area contributed by atoms with Crippen LogP contribution in [0.5, 0.6) is 5.75 Å². The molecule has 1 fully saturated rings. The number of carbonyl (C=O) groups is 1. The number of benzene rings is 1. The normalized spacial score (nSPS) is 15.3. The number of carbonyl (C=O) groups excluding carboxylic acids is 1. The molecule has 1 aliphatic rings. The lowest BCUT2D eigenvalue weighted by molar-refractivity contribution is 0.101. The third-order valence-corrected chi connectivity index (χ3v) is 2.40. The Balaban J connectivity index is 2.21. The molecule has 0 bridgehead atoms. The topological polar surface area (TPSA) is 26.3 Å². The van der Waals surface area contributed by atoms with Crippen LogP contribution in [0, 0.1) is 6.92 Å². The third-order valence-electron chi connectivity index (χ3n) is 2.40. The van der Waals surface area contributed by atoms with Gasteiger partial charge in [-0.3, -0.25) is 4.79 Å². The van der Waals surface area contributed by atoms with Crippen LogP contribution in [0.1, 0.15) is 35.7 Å². The molecule has 0 N–H and O–H groups in total. The molecule has 2 heteroatoms. The maximum absolute atomic E-state index is 11.1. The van der Waals surface area contributed by atoms with E-state index in [-0.39, 0.29) is 5.78 Å². The molecule has 2 nitrogen and oxygen atoms in total. The van der Waals surface area contributed by atoms with Crippen molar-refractivity contribution >= 4 is 5.78 Å². The van der Waals surface area contributed by atoms with E-state index in [2.05, 4.69) is 0 Å². The number of ketones is 1. The van der Waals surface area contributed by atoms with Gasteiger partial charge in [0, 0.05) is 5.56 Å². The molecule has 14 heavy (non-hydrogen) atoms. The van der Waals surface area contributed by atoms with Crippen molar-refractivity contribution in [3.05, 3.63) is 29.3 Å². The van der Waals surface area contributed by atoms with Gasteiger partial charge in [0.2, 0.25) is 0 Å². The first kappa shape index (κ1) is 9.25. The summed E-state index contributed by atoms with van der Waals surface area (Å²) >= 11 is 0. The van der Waals surface area contributed by atoms with Crippen LogP contribution in [0.2, 0.25) is 0 Å². The summed E-state index contributed by atoms with van der Waals surface area (Å²) in [5.41, 5.74) is 1.80. The van der Waals surface area contributed by atoms with Crippen LogP contribution < -0.4 is 4.74 Å². The van der Waals surface area contributed by atoms with Crippen LogP contribution in [-0.2, 0) is 0 Å². The fourth-order valence-electron chi connectivity index (χ4n) is 1.37. The van der Waals surface area contributed by atoms with E-state index in [0.717, 1.165) is 29.7 Å². The van der Waals surface area contributed by atoms with Gasteiger partial charge in [0.15, 0.2) is 5.78 Å². The molecule has 0 unspecified atom stereocenters. The summed E-state index contributed by atoms with van der Waals surface area (Å²) in [5.74, 6) is 1.02. The van der Waals surface area contributed by atoms with Crippen LogP contribution in [0.3, 0.4) is 0 Å². The molecule has 0 aliphatic heterocycles. The third kappa shape index (κ3) is 1.95. The van der Waals surface area contributed by atoms with Gasteiger partial charge in [0.25, 0.3) is 0 Å². The number of rotatable bonds is 3. The maximum atomic E-state index is 11.1. The zero-order chi connectivity index (χ0) is 10.1.